The predicted octanol–water partition coefficient (Wildman–Crippen LogP) is 1.75. The third-order valence-corrected chi connectivity index (χ3v) is 3.04. The van der Waals surface area contributed by atoms with Crippen molar-refractivity contribution < 1.29 is 4.79 Å². The second-order valence-corrected chi connectivity index (χ2v) is 4.65. The van der Waals surface area contributed by atoms with Gasteiger partial charge in [-0.3, -0.25) is 4.79 Å². The van der Waals surface area contributed by atoms with Crippen LogP contribution in [0.4, 0.5) is 5.69 Å². The highest BCUT2D eigenvalue weighted by molar-refractivity contribution is 7.07. The van der Waals surface area contributed by atoms with Crippen molar-refractivity contribution in [2.75, 3.05) is 11.9 Å². The van der Waals surface area contributed by atoms with Crippen LogP contribution in [-0.4, -0.2) is 22.0 Å². The van der Waals surface area contributed by atoms with Gasteiger partial charge >= 0.3 is 0 Å². The molecule has 7 heteroatoms. The van der Waals surface area contributed by atoms with Gasteiger partial charge in [-0.05, 0) is 29.7 Å². The van der Waals surface area contributed by atoms with Gasteiger partial charge in [-0.1, -0.05) is 27.9 Å². The van der Waals surface area contributed by atoms with Gasteiger partial charge < -0.3 is 11.1 Å². The minimum absolute atomic E-state index is 0.245. The third-order valence-electron chi connectivity index (χ3n) is 2.14. The topological polar surface area (TPSA) is 80.9 Å². The van der Waals surface area contributed by atoms with Crippen LogP contribution in [0.15, 0.2) is 24.4 Å². The summed E-state index contributed by atoms with van der Waals surface area (Å²) in [7, 11) is 0. The molecule has 19 heavy (non-hydrogen) atoms. The summed E-state index contributed by atoms with van der Waals surface area (Å²) in [5.41, 5.74) is 6.52. The van der Waals surface area contributed by atoms with Gasteiger partial charge in [-0.2, -0.15) is 0 Å². The molecule has 0 aliphatic rings. The fraction of sp³-hybridized carbons (Fsp3) is 0.0833. The molecule has 0 atom stereocenters. The van der Waals surface area contributed by atoms with Gasteiger partial charge in [0.25, 0.3) is 5.91 Å². The van der Waals surface area contributed by atoms with Crippen LogP contribution in [0.3, 0.4) is 0 Å². The number of anilines is 1. The average Bonchev–Trinajstić information content (AvgIpc) is 2.92. The summed E-state index contributed by atoms with van der Waals surface area (Å²) in [5, 5.41) is 6.85. The molecule has 0 radical (unpaired) electrons. The number of carbonyl (C=O) groups is 1. The van der Waals surface area contributed by atoms with Crippen molar-refractivity contribution in [2.45, 2.75) is 0 Å². The lowest BCUT2D eigenvalue weighted by atomic mass is 10.2. The van der Waals surface area contributed by atoms with E-state index in [1.807, 2.05) is 0 Å². The highest BCUT2D eigenvalue weighted by Gasteiger charge is 2.11. The van der Waals surface area contributed by atoms with Gasteiger partial charge in [0.15, 0.2) is 0 Å². The van der Waals surface area contributed by atoms with Crippen molar-refractivity contribution in [1.82, 2.24) is 9.59 Å². The Morgan fingerprint density at radius 3 is 3.05 bits per heavy atom. The van der Waals surface area contributed by atoms with E-state index in [4.69, 9.17) is 17.3 Å². The molecule has 0 saturated heterocycles. The van der Waals surface area contributed by atoms with Crippen LogP contribution in [-0.2, 0) is 0 Å². The Balaban J connectivity index is 2.28. The molecule has 0 saturated carbocycles. The molecule has 0 spiro atoms. The number of aromatic nitrogens is 2. The number of nitrogens with one attached hydrogen (secondary N) is 1. The number of nitrogens with two attached hydrogens (primary N) is 1. The Morgan fingerprint density at radius 1 is 1.53 bits per heavy atom. The van der Waals surface area contributed by atoms with Crippen molar-refractivity contribution >= 4 is 34.7 Å². The first-order chi connectivity index (χ1) is 9.20. The van der Waals surface area contributed by atoms with Crippen molar-refractivity contribution in [2.24, 2.45) is 5.73 Å². The second-order valence-electron chi connectivity index (χ2n) is 3.43. The maximum absolute atomic E-state index is 11.9. The minimum Gasteiger partial charge on any atom is -0.320 e. The summed E-state index contributed by atoms with van der Waals surface area (Å²) in [4.78, 5) is 12.3. The summed E-state index contributed by atoms with van der Waals surface area (Å²) >= 11 is 6.93. The van der Waals surface area contributed by atoms with E-state index in [0.29, 0.717) is 21.2 Å². The first-order valence-corrected chi connectivity index (χ1v) is 6.43. The number of carbonyl (C=O) groups excluding carboxylic acids is 1. The standard InChI is InChI=1S/C12H9ClN4OS/c13-9-4-3-8(2-1-5-14)10(6-9)16-12(18)11-7-15-17-19-11/h3-4,6-7H,5,14H2,(H,16,18). The average molecular weight is 293 g/mol. The fourth-order valence-corrected chi connectivity index (χ4v) is 1.91. The first kappa shape index (κ1) is 13.5. The normalized spacial score (nSPS) is 9.58. The van der Waals surface area contributed by atoms with E-state index >= 15 is 0 Å². The summed E-state index contributed by atoms with van der Waals surface area (Å²) < 4.78 is 3.63. The van der Waals surface area contributed by atoms with Gasteiger partial charge in [0, 0.05) is 10.6 Å². The van der Waals surface area contributed by atoms with Crippen LogP contribution >= 0.6 is 23.1 Å². The van der Waals surface area contributed by atoms with Gasteiger partial charge in [0.1, 0.15) is 4.88 Å². The first-order valence-electron chi connectivity index (χ1n) is 5.28. The molecular weight excluding hydrogens is 284 g/mol. The zero-order chi connectivity index (χ0) is 13.7. The second kappa shape index (κ2) is 6.29. The van der Waals surface area contributed by atoms with Crippen molar-refractivity contribution in [1.29, 1.82) is 0 Å². The molecule has 1 amide bonds. The largest absolute Gasteiger partial charge is 0.320 e. The van der Waals surface area contributed by atoms with Crippen LogP contribution in [0.25, 0.3) is 0 Å². The zero-order valence-electron chi connectivity index (χ0n) is 9.68. The van der Waals surface area contributed by atoms with Gasteiger partial charge in [-0.25, -0.2) is 0 Å². The lowest BCUT2D eigenvalue weighted by Gasteiger charge is -2.06. The molecule has 0 unspecified atom stereocenters. The molecule has 0 fully saturated rings. The quantitative estimate of drug-likeness (QED) is 0.826. The van der Waals surface area contributed by atoms with Crippen molar-refractivity contribution in [3.63, 3.8) is 0 Å². The lowest BCUT2D eigenvalue weighted by molar-refractivity contribution is 0.103. The monoisotopic (exact) mass is 292 g/mol. The number of nitrogens with zero attached hydrogens (tertiary/aromatic N) is 2. The van der Waals surface area contributed by atoms with E-state index in [1.165, 1.54) is 6.20 Å². The highest BCUT2D eigenvalue weighted by atomic mass is 35.5. The van der Waals surface area contributed by atoms with Crippen LogP contribution in [0.2, 0.25) is 5.02 Å². The van der Waals surface area contributed by atoms with Crippen molar-refractivity contribution in [3.8, 4) is 11.8 Å². The maximum atomic E-state index is 11.9. The Bertz CT molecular complexity index is 645. The number of rotatable bonds is 2. The minimum atomic E-state index is -0.298. The SMILES string of the molecule is NCC#Cc1ccc(Cl)cc1NC(=O)c1cnns1. The summed E-state index contributed by atoms with van der Waals surface area (Å²) in [5.74, 6) is 5.31. The number of hydrogen-bond acceptors (Lipinski definition) is 5. The maximum Gasteiger partial charge on any atom is 0.269 e. The summed E-state index contributed by atoms with van der Waals surface area (Å²) in [6.07, 6.45) is 1.40. The Kier molecular flexibility index (Phi) is 4.47. The molecule has 5 nitrogen and oxygen atoms in total. The Morgan fingerprint density at radius 2 is 2.37 bits per heavy atom. The Labute approximate surface area is 118 Å². The molecular formula is C12H9ClN4OS. The van der Waals surface area contributed by atoms with E-state index in [0.717, 1.165) is 11.5 Å². The molecule has 1 aromatic heterocycles. The highest BCUT2D eigenvalue weighted by Crippen LogP contribution is 2.21. The van der Waals surface area contributed by atoms with Gasteiger partial charge in [-0.15, -0.1) is 5.10 Å². The van der Waals surface area contributed by atoms with Crippen LogP contribution < -0.4 is 11.1 Å². The van der Waals surface area contributed by atoms with Crippen LogP contribution in [0.1, 0.15) is 15.2 Å². The molecule has 1 heterocycles. The van der Waals surface area contributed by atoms with Crippen LogP contribution in [0, 0.1) is 11.8 Å². The third kappa shape index (κ3) is 3.51. The molecule has 3 N–H and O–H groups in total. The van der Waals surface area contributed by atoms with E-state index in [9.17, 15) is 4.79 Å². The molecule has 0 aliphatic heterocycles. The molecule has 0 bridgehead atoms. The lowest BCUT2D eigenvalue weighted by Crippen LogP contribution is -2.11. The predicted molar refractivity (Wildman–Crippen MR) is 75.2 cm³/mol. The molecule has 0 aliphatic carbocycles. The van der Waals surface area contributed by atoms with Gasteiger partial charge in [0.05, 0.1) is 18.4 Å². The smallest absolute Gasteiger partial charge is 0.269 e. The summed E-state index contributed by atoms with van der Waals surface area (Å²) in [6.45, 7) is 0.245. The van der Waals surface area contributed by atoms with E-state index in [-0.39, 0.29) is 12.5 Å². The molecule has 2 aromatic rings. The molecule has 1 aromatic carbocycles. The van der Waals surface area contributed by atoms with E-state index in [1.54, 1.807) is 18.2 Å². The number of halogens is 1. The zero-order valence-corrected chi connectivity index (χ0v) is 11.3. The number of hydrogen-bond donors (Lipinski definition) is 2. The van der Waals surface area contributed by atoms with Crippen LogP contribution in [0.5, 0.6) is 0 Å². The summed E-state index contributed by atoms with van der Waals surface area (Å²) in [6, 6.07) is 5.06. The van der Waals surface area contributed by atoms with E-state index < -0.39 is 0 Å². The Hall–Kier alpha value is -1.94. The molecule has 2 rings (SSSR count). The fourth-order valence-electron chi connectivity index (χ4n) is 1.33. The van der Waals surface area contributed by atoms with E-state index in [2.05, 4.69) is 26.7 Å². The van der Waals surface area contributed by atoms with Gasteiger partial charge in [0.2, 0.25) is 0 Å². The number of benzene rings is 1. The molecule has 96 valence electrons. The van der Waals surface area contributed by atoms with Crippen molar-refractivity contribution in [3.05, 3.63) is 39.9 Å². The number of amides is 1.